The molecule has 4 fully saturated rings. The van der Waals surface area contributed by atoms with Crippen LogP contribution in [0.4, 0.5) is 0 Å². The summed E-state index contributed by atoms with van der Waals surface area (Å²) >= 11 is 0. The molecule has 4 saturated heterocycles. The van der Waals surface area contributed by atoms with Crippen molar-refractivity contribution < 1.29 is 35.4 Å². The summed E-state index contributed by atoms with van der Waals surface area (Å²) in [5, 5.41) is 0. The fourth-order valence-corrected chi connectivity index (χ4v) is 21.8. The first kappa shape index (κ1) is 46.0. The van der Waals surface area contributed by atoms with Gasteiger partial charge in [0.1, 0.15) is 0 Å². The Balaban J connectivity index is 1.34. The Morgan fingerprint density at radius 1 is 0.340 bits per heavy atom. The van der Waals surface area contributed by atoms with Crippen LogP contribution in [0.5, 0.6) is 0 Å². The minimum absolute atomic E-state index is 1.04. The maximum Gasteiger partial charge on any atom is 0.427 e. The number of hydrogen-bond donors (Lipinski definition) is 0. The highest BCUT2D eigenvalue weighted by atomic mass is 28.4. The van der Waals surface area contributed by atoms with E-state index < -0.39 is 34.9 Å². The number of hydrogen-bond acceptors (Lipinski definition) is 14. The van der Waals surface area contributed by atoms with Crippen LogP contribution in [0.1, 0.15) is 57.8 Å². The predicted octanol–water partition coefficient (Wildman–Crippen LogP) is 3.29. The second-order valence-corrected chi connectivity index (χ2v) is 28.8. The van der Waals surface area contributed by atoms with Crippen LogP contribution in [0.3, 0.4) is 0 Å². The summed E-state index contributed by atoms with van der Waals surface area (Å²) in [6.07, 6.45) is 10.4. The molecule has 0 spiro atoms. The van der Waals surface area contributed by atoms with Gasteiger partial charge in [-0.3, -0.25) is 18.3 Å². The lowest BCUT2D eigenvalue weighted by Gasteiger charge is -2.34. The van der Waals surface area contributed by atoms with Crippen LogP contribution in [0.15, 0.2) is 0 Å². The van der Waals surface area contributed by atoms with Crippen LogP contribution < -0.4 is 0 Å². The zero-order valence-corrected chi connectivity index (χ0v) is 39.0. The summed E-state index contributed by atoms with van der Waals surface area (Å²) in [6, 6.07) is 4.26. The van der Waals surface area contributed by atoms with Gasteiger partial charge in [-0.25, -0.2) is 0 Å². The molecule has 4 rings (SSSR count). The van der Waals surface area contributed by atoms with Crippen molar-refractivity contribution in [1.29, 1.82) is 0 Å². The first-order chi connectivity index (χ1) is 25.8. The van der Waals surface area contributed by atoms with Crippen molar-refractivity contribution in [2.24, 2.45) is 0 Å². The third-order valence-corrected chi connectivity index (χ3v) is 27.4. The van der Waals surface area contributed by atoms with E-state index in [0.29, 0.717) is 0 Å². The van der Waals surface area contributed by atoms with Gasteiger partial charge in [0.2, 0.25) is 0 Å². The van der Waals surface area contributed by atoms with E-state index in [1.54, 1.807) is 0 Å². The van der Waals surface area contributed by atoms with Crippen molar-refractivity contribution in [2.75, 3.05) is 149 Å². The van der Waals surface area contributed by atoms with Crippen LogP contribution in [-0.2, 0) is 35.4 Å². The van der Waals surface area contributed by atoms with Crippen LogP contribution in [0, 0.1) is 0 Å². The Morgan fingerprint density at radius 3 is 0.755 bits per heavy atom. The second-order valence-electron chi connectivity index (χ2n) is 15.3. The zero-order chi connectivity index (χ0) is 38.2. The van der Waals surface area contributed by atoms with E-state index in [-0.39, 0.29) is 0 Å². The minimum atomic E-state index is -2.22. The van der Waals surface area contributed by atoms with Crippen molar-refractivity contribution in [1.82, 2.24) is 28.1 Å². The highest BCUT2D eigenvalue weighted by Gasteiger charge is 2.49. The molecule has 53 heavy (non-hydrogen) atoms. The lowest BCUT2D eigenvalue weighted by atomic mass is 10.2. The van der Waals surface area contributed by atoms with E-state index in [0.717, 1.165) is 148 Å². The van der Waals surface area contributed by atoms with Crippen molar-refractivity contribution in [3.8, 4) is 0 Å². The van der Waals surface area contributed by atoms with Gasteiger partial charge < -0.3 is 45.2 Å². The third kappa shape index (κ3) is 11.7. The summed E-state index contributed by atoms with van der Waals surface area (Å²) in [7, 11) is 5.83. The van der Waals surface area contributed by atoms with Gasteiger partial charge >= 0.3 is 34.9 Å². The second kappa shape index (κ2) is 23.0. The quantitative estimate of drug-likeness (QED) is 0.108. The van der Waals surface area contributed by atoms with E-state index in [1.807, 2.05) is 56.9 Å². The molecular weight excluding hydrogens is 745 g/mol. The van der Waals surface area contributed by atoms with Crippen LogP contribution >= 0.6 is 0 Å². The van der Waals surface area contributed by atoms with Gasteiger partial charge in [-0.1, -0.05) is 0 Å². The molecule has 4 aliphatic rings. The van der Waals surface area contributed by atoms with Crippen LogP contribution in [-0.4, -0.2) is 211 Å². The first-order valence-corrected chi connectivity index (χ1v) is 28.5. The maximum absolute atomic E-state index is 6.02. The van der Waals surface area contributed by atoms with Gasteiger partial charge in [-0.05, 0) is 149 Å². The van der Waals surface area contributed by atoms with E-state index in [4.69, 9.17) is 35.4 Å². The average molecular weight is 823 g/mol. The highest BCUT2D eigenvalue weighted by molar-refractivity contribution is 6.66. The molecule has 0 aromatic carbocycles. The van der Waals surface area contributed by atoms with E-state index in [1.165, 1.54) is 25.7 Å². The lowest BCUT2D eigenvalue weighted by molar-refractivity contribution is 0.163. The fourth-order valence-electron chi connectivity index (χ4n) is 9.73. The molecule has 0 bridgehead atoms. The van der Waals surface area contributed by atoms with Gasteiger partial charge in [0.15, 0.2) is 0 Å². The summed E-state index contributed by atoms with van der Waals surface area (Å²) in [4.78, 5) is 5.44. The molecule has 4 aliphatic heterocycles. The van der Waals surface area contributed by atoms with Crippen molar-refractivity contribution in [3.63, 3.8) is 0 Å². The molecule has 0 atom stereocenters. The molecular formula is C35H78N6O8Si4. The van der Waals surface area contributed by atoms with E-state index in [9.17, 15) is 0 Å². The SMILES string of the molecule is CO[Si]1(OC)CCCN1CCCN(CCCN(CCCN1CCC[Si]1(OC)OC)CCCN1CCC[Si]1(OC)OC)CCCN1CCC[Si]1(OC)OC. The van der Waals surface area contributed by atoms with Gasteiger partial charge in [-0.15, -0.1) is 0 Å². The van der Waals surface area contributed by atoms with E-state index >= 15 is 0 Å². The van der Waals surface area contributed by atoms with Crippen molar-refractivity contribution in [2.45, 2.75) is 82.0 Å². The normalized spacial score (nSPS) is 23.4. The molecule has 0 N–H and O–H groups in total. The lowest BCUT2D eigenvalue weighted by Crippen LogP contribution is -2.54. The van der Waals surface area contributed by atoms with Crippen molar-refractivity contribution in [3.05, 3.63) is 0 Å². The van der Waals surface area contributed by atoms with E-state index in [2.05, 4.69) is 28.1 Å². The molecule has 0 aromatic rings. The standard InChI is InChI=1S/C35H78N6O8Si4/c1-42-50(43-2)32-14-28-38(50)24-10-20-36(21-11-25-39-29-15-33-51(39,44-3)45-4)18-9-19-37(22-12-26-40-30-16-34-52(40,46-5)47-6)23-13-27-41-31-17-35-53(41,48-7)49-8/h9-35H2,1-8H3. The molecule has 0 unspecified atom stereocenters. The molecule has 0 saturated carbocycles. The van der Waals surface area contributed by atoms with Crippen molar-refractivity contribution >= 4 is 34.9 Å². The molecule has 312 valence electrons. The largest absolute Gasteiger partial charge is 0.427 e. The Morgan fingerprint density at radius 2 is 0.547 bits per heavy atom. The molecule has 4 heterocycles. The Hall–Kier alpha value is 0.308. The highest BCUT2D eigenvalue weighted by Crippen LogP contribution is 2.30. The third-order valence-electron chi connectivity index (χ3n) is 12.7. The van der Waals surface area contributed by atoms with Crippen LogP contribution in [0.25, 0.3) is 0 Å². The minimum Gasteiger partial charge on any atom is -0.386 e. The molecule has 0 amide bonds. The molecule has 14 nitrogen and oxygen atoms in total. The molecule has 0 aliphatic carbocycles. The van der Waals surface area contributed by atoms with Gasteiger partial charge in [0, 0.05) is 81.1 Å². The zero-order valence-electron chi connectivity index (χ0n) is 35.0. The summed E-state index contributed by atoms with van der Waals surface area (Å²) < 4.78 is 58.3. The summed E-state index contributed by atoms with van der Waals surface area (Å²) in [6.45, 7) is 15.1. The smallest absolute Gasteiger partial charge is 0.386 e. The maximum atomic E-state index is 6.02. The molecule has 0 radical (unpaired) electrons. The Bertz CT molecular complexity index is 870. The molecule has 18 heteroatoms. The van der Waals surface area contributed by atoms with Gasteiger partial charge in [-0.2, -0.15) is 0 Å². The Labute approximate surface area is 327 Å². The van der Waals surface area contributed by atoms with Gasteiger partial charge in [0.05, 0.1) is 0 Å². The summed E-state index contributed by atoms with van der Waals surface area (Å²) in [5.41, 5.74) is 0. The predicted molar refractivity (Wildman–Crippen MR) is 219 cm³/mol. The number of rotatable bonds is 28. The monoisotopic (exact) mass is 822 g/mol. The average Bonchev–Trinajstić information content (AvgIpc) is 4.00. The van der Waals surface area contributed by atoms with Crippen LogP contribution in [0.2, 0.25) is 24.2 Å². The first-order valence-electron chi connectivity index (χ1n) is 20.6. The number of nitrogens with zero attached hydrogens (tertiary/aromatic N) is 6. The summed E-state index contributed by atoms with van der Waals surface area (Å²) in [5.74, 6) is 0. The molecule has 0 aromatic heterocycles. The van der Waals surface area contributed by atoms with Gasteiger partial charge in [0.25, 0.3) is 0 Å². The Kier molecular flexibility index (Phi) is 20.0. The fraction of sp³-hybridized carbons (Fsp3) is 1.00. The topological polar surface area (TPSA) is 93.3 Å².